The molecular weight excluding hydrogens is 268 g/mol. The van der Waals surface area contributed by atoms with E-state index in [4.69, 9.17) is 0 Å². The van der Waals surface area contributed by atoms with Crippen molar-refractivity contribution in [2.24, 2.45) is 0 Å². The van der Waals surface area contributed by atoms with E-state index >= 15 is 0 Å². The summed E-state index contributed by atoms with van der Waals surface area (Å²) in [5, 5.41) is 0. The largest absolute Gasteiger partial charge is 0.277 e. The summed E-state index contributed by atoms with van der Waals surface area (Å²) in [4.78, 5) is 0. The lowest BCUT2D eigenvalue weighted by atomic mass is 9.98. The number of alkyl halides is 2. The molecule has 0 bridgehead atoms. The molecule has 0 aliphatic carbocycles. The van der Waals surface area contributed by atoms with Crippen LogP contribution in [-0.4, -0.2) is 0 Å². The first-order valence-electron chi connectivity index (χ1n) is 6.19. The quantitative estimate of drug-likeness (QED) is 0.701. The van der Waals surface area contributed by atoms with E-state index in [1.54, 1.807) is 6.92 Å². The van der Waals surface area contributed by atoms with Gasteiger partial charge in [-0.25, -0.2) is 17.6 Å². The molecule has 20 heavy (non-hydrogen) atoms. The summed E-state index contributed by atoms with van der Waals surface area (Å²) in [5.41, 5.74) is 0.491. The highest BCUT2D eigenvalue weighted by Gasteiger charge is 2.32. The van der Waals surface area contributed by atoms with Crippen LogP contribution >= 0.6 is 0 Å². The first-order chi connectivity index (χ1) is 9.29. The van der Waals surface area contributed by atoms with Crippen LogP contribution in [-0.2, 0) is 12.3 Å². The van der Waals surface area contributed by atoms with Crippen molar-refractivity contribution < 1.29 is 17.6 Å². The molecule has 0 nitrogen and oxygen atoms in total. The van der Waals surface area contributed by atoms with Crippen LogP contribution in [0.2, 0.25) is 0 Å². The lowest BCUT2D eigenvalue weighted by Crippen LogP contribution is -2.17. The highest BCUT2D eigenvalue weighted by molar-refractivity contribution is 5.30. The van der Waals surface area contributed by atoms with Gasteiger partial charge in [-0.05, 0) is 42.7 Å². The van der Waals surface area contributed by atoms with E-state index in [1.165, 1.54) is 31.2 Å². The number of hydrogen-bond acceptors (Lipinski definition) is 0. The minimum Gasteiger partial charge on any atom is -0.207 e. The molecule has 0 aliphatic rings. The van der Waals surface area contributed by atoms with Crippen LogP contribution in [0, 0.1) is 25.5 Å². The van der Waals surface area contributed by atoms with Gasteiger partial charge in [-0.2, -0.15) is 0 Å². The Hall–Kier alpha value is -1.84. The van der Waals surface area contributed by atoms with Gasteiger partial charge >= 0.3 is 0 Å². The molecule has 0 saturated heterocycles. The van der Waals surface area contributed by atoms with Crippen LogP contribution in [0.5, 0.6) is 0 Å². The zero-order valence-corrected chi connectivity index (χ0v) is 11.2. The Bertz CT molecular complexity index is 632. The van der Waals surface area contributed by atoms with E-state index < -0.39 is 29.5 Å². The van der Waals surface area contributed by atoms with Crippen molar-refractivity contribution >= 4 is 0 Å². The Morgan fingerprint density at radius 1 is 0.850 bits per heavy atom. The second-order valence-electron chi connectivity index (χ2n) is 4.93. The Labute approximate surface area is 115 Å². The maximum absolute atomic E-state index is 14.1. The third-order valence-corrected chi connectivity index (χ3v) is 3.26. The summed E-state index contributed by atoms with van der Waals surface area (Å²) >= 11 is 0. The number of hydrogen-bond donors (Lipinski definition) is 0. The third-order valence-electron chi connectivity index (χ3n) is 3.26. The molecule has 0 saturated carbocycles. The average Bonchev–Trinajstić information content (AvgIpc) is 2.37. The van der Waals surface area contributed by atoms with Crippen LogP contribution in [0.15, 0.2) is 36.4 Å². The van der Waals surface area contributed by atoms with Gasteiger partial charge in [0.1, 0.15) is 11.6 Å². The smallest absolute Gasteiger partial charge is 0.207 e. The van der Waals surface area contributed by atoms with E-state index in [2.05, 4.69) is 0 Å². The maximum Gasteiger partial charge on any atom is 0.277 e. The molecule has 2 aromatic carbocycles. The predicted molar refractivity (Wildman–Crippen MR) is 69.9 cm³/mol. The van der Waals surface area contributed by atoms with E-state index in [0.29, 0.717) is 11.1 Å². The predicted octanol–water partition coefficient (Wildman–Crippen LogP) is 4.92. The zero-order chi connectivity index (χ0) is 14.9. The Kier molecular flexibility index (Phi) is 3.84. The Morgan fingerprint density at radius 2 is 1.40 bits per heavy atom. The molecule has 0 aromatic heterocycles. The maximum atomic E-state index is 14.1. The van der Waals surface area contributed by atoms with Gasteiger partial charge in [0.25, 0.3) is 5.92 Å². The summed E-state index contributed by atoms with van der Waals surface area (Å²) in [6.45, 7) is 3.07. The first kappa shape index (κ1) is 14.6. The molecule has 2 aromatic rings. The molecule has 0 atom stereocenters. The van der Waals surface area contributed by atoms with Crippen LogP contribution in [0.4, 0.5) is 17.6 Å². The van der Waals surface area contributed by atoms with Crippen molar-refractivity contribution in [3.05, 3.63) is 70.3 Å². The third kappa shape index (κ3) is 3.00. The minimum absolute atomic E-state index is 0.180. The minimum atomic E-state index is -3.24. The molecule has 106 valence electrons. The van der Waals surface area contributed by atoms with Gasteiger partial charge < -0.3 is 0 Å². The monoisotopic (exact) mass is 282 g/mol. The van der Waals surface area contributed by atoms with Crippen molar-refractivity contribution in [2.75, 3.05) is 0 Å². The lowest BCUT2D eigenvalue weighted by Gasteiger charge is -2.17. The molecule has 0 amide bonds. The van der Waals surface area contributed by atoms with Gasteiger partial charge in [-0.3, -0.25) is 0 Å². The van der Waals surface area contributed by atoms with Gasteiger partial charge in [0, 0.05) is 12.0 Å². The summed E-state index contributed by atoms with van der Waals surface area (Å²) in [7, 11) is 0. The topological polar surface area (TPSA) is 0 Å². The van der Waals surface area contributed by atoms with Crippen LogP contribution in [0.3, 0.4) is 0 Å². The number of halogens is 4. The van der Waals surface area contributed by atoms with Crippen molar-refractivity contribution in [3.63, 3.8) is 0 Å². The lowest BCUT2D eigenvalue weighted by molar-refractivity contribution is -0.00418. The summed E-state index contributed by atoms with van der Waals surface area (Å²) in [6, 6.07) is 7.35. The average molecular weight is 282 g/mol. The van der Waals surface area contributed by atoms with Crippen LogP contribution < -0.4 is 0 Å². The Morgan fingerprint density at radius 3 is 1.95 bits per heavy atom. The Balaban J connectivity index is 2.29. The molecule has 0 aliphatic heterocycles. The number of aryl methyl sites for hydroxylation is 2. The first-order valence-corrected chi connectivity index (χ1v) is 6.19. The highest BCUT2D eigenvalue weighted by atomic mass is 19.3. The van der Waals surface area contributed by atoms with Gasteiger partial charge in [-0.1, -0.05) is 24.3 Å². The van der Waals surface area contributed by atoms with Gasteiger partial charge in [0.2, 0.25) is 0 Å². The SMILES string of the molecule is Cc1ccc(CC(F)(F)c2ccc(C)c(F)c2)cc1F. The number of rotatable bonds is 3. The van der Waals surface area contributed by atoms with Gasteiger partial charge in [0.15, 0.2) is 0 Å². The molecular formula is C16H14F4. The standard InChI is InChI=1S/C16H14F4/c1-10-3-5-12(7-14(10)17)9-16(19,20)13-6-4-11(2)15(18)8-13/h3-8H,9H2,1-2H3. The molecule has 2 rings (SSSR count). The van der Waals surface area contributed by atoms with E-state index in [9.17, 15) is 17.6 Å². The van der Waals surface area contributed by atoms with E-state index in [0.717, 1.165) is 12.1 Å². The molecule has 0 fully saturated rings. The second-order valence-corrected chi connectivity index (χ2v) is 4.93. The fraction of sp³-hybridized carbons (Fsp3) is 0.250. The summed E-state index contributed by atoms with van der Waals surface area (Å²) in [5.74, 6) is -4.43. The molecule has 0 heterocycles. The van der Waals surface area contributed by atoms with Crippen molar-refractivity contribution in [2.45, 2.75) is 26.2 Å². The fourth-order valence-electron chi connectivity index (χ4n) is 1.93. The zero-order valence-electron chi connectivity index (χ0n) is 11.2. The van der Waals surface area contributed by atoms with Crippen molar-refractivity contribution in [1.29, 1.82) is 0 Å². The molecule has 4 heteroatoms. The van der Waals surface area contributed by atoms with Crippen LogP contribution in [0.1, 0.15) is 22.3 Å². The van der Waals surface area contributed by atoms with Gasteiger partial charge in [0.05, 0.1) is 0 Å². The van der Waals surface area contributed by atoms with Gasteiger partial charge in [-0.15, -0.1) is 0 Å². The van der Waals surface area contributed by atoms with Crippen LogP contribution in [0.25, 0.3) is 0 Å². The molecule has 0 spiro atoms. The second kappa shape index (κ2) is 5.27. The fourth-order valence-corrected chi connectivity index (χ4v) is 1.93. The molecule has 0 unspecified atom stereocenters. The highest BCUT2D eigenvalue weighted by Crippen LogP contribution is 2.33. The van der Waals surface area contributed by atoms with Crippen molar-refractivity contribution in [1.82, 2.24) is 0 Å². The summed E-state index contributed by atoms with van der Waals surface area (Å²) < 4.78 is 54.9. The number of benzene rings is 2. The van der Waals surface area contributed by atoms with E-state index in [-0.39, 0.29) is 5.56 Å². The van der Waals surface area contributed by atoms with E-state index in [1.807, 2.05) is 0 Å². The molecule has 0 N–H and O–H groups in total. The summed E-state index contributed by atoms with van der Waals surface area (Å²) in [6.07, 6.45) is -0.660. The normalized spacial score (nSPS) is 11.7. The van der Waals surface area contributed by atoms with Crippen molar-refractivity contribution in [3.8, 4) is 0 Å². The molecule has 0 radical (unpaired) electrons.